The first-order valence-electron chi connectivity index (χ1n) is 11.7. The number of rotatable bonds is 6. The lowest BCUT2D eigenvalue weighted by Gasteiger charge is -2.53. The molecule has 2 heterocycles. The Hall–Kier alpha value is -1.50. The molecule has 166 valence electrons. The van der Waals surface area contributed by atoms with Gasteiger partial charge in [0.1, 0.15) is 5.82 Å². The van der Waals surface area contributed by atoms with Crippen molar-refractivity contribution in [3.8, 4) is 0 Å². The SMILES string of the molecule is CCN1CC[C@@H]2C[C@@H](N3CCOCC3)CC[C@@]2(C(=O)NCCc2ccc(F)cc2)C1. The highest BCUT2D eigenvalue weighted by atomic mass is 19.1. The van der Waals surface area contributed by atoms with E-state index in [1.54, 1.807) is 12.1 Å². The number of nitrogens with zero attached hydrogens (tertiary/aromatic N) is 2. The van der Waals surface area contributed by atoms with Crippen LogP contribution in [0.25, 0.3) is 0 Å². The zero-order valence-corrected chi connectivity index (χ0v) is 18.2. The van der Waals surface area contributed by atoms with Crippen LogP contribution in [0.15, 0.2) is 24.3 Å². The maximum Gasteiger partial charge on any atom is 0.227 e. The van der Waals surface area contributed by atoms with E-state index in [0.717, 1.165) is 83.6 Å². The van der Waals surface area contributed by atoms with Crippen molar-refractivity contribution in [2.75, 3.05) is 52.5 Å². The molecule has 0 unspecified atom stereocenters. The number of hydrogen-bond acceptors (Lipinski definition) is 4. The molecule has 1 saturated carbocycles. The molecule has 1 aromatic carbocycles. The van der Waals surface area contributed by atoms with Crippen molar-refractivity contribution in [1.82, 2.24) is 15.1 Å². The van der Waals surface area contributed by atoms with Gasteiger partial charge in [-0.15, -0.1) is 0 Å². The van der Waals surface area contributed by atoms with Crippen LogP contribution in [-0.2, 0) is 16.0 Å². The van der Waals surface area contributed by atoms with Crippen molar-refractivity contribution in [2.24, 2.45) is 11.3 Å². The van der Waals surface area contributed by atoms with Crippen molar-refractivity contribution in [1.29, 1.82) is 0 Å². The number of ether oxygens (including phenoxy) is 1. The number of likely N-dealkylation sites (tertiary alicyclic amines) is 1. The summed E-state index contributed by atoms with van der Waals surface area (Å²) in [5.41, 5.74) is 0.792. The molecular formula is C24H36FN3O2. The van der Waals surface area contributed by atoms with Crippen LogP contribution >= 0.6 is 0 Å². The Morgan fingerprint density at radius 2 is 1.97 bits per heavy atom. The summed E-state index contributed by atoms with van der Waals surface area (Å²) in [6.45, 7) is 9.50. The number of fused-ring (bicyclic) bond motifs is 1. The lowest BCUT2D eigenvalue weighted by molar-refractivity contribution is -0.144. The summed E-state index contributed by atoms with van der Waals surface area (Å²) in [5.74, 6) is 0.462. The number of amides is 1. The van der Waals surface area contributed by atoms with Gasteiger partial charge in [0, 0.05) is 32.2 Å². The fourth-order valence-corrected chi connectivity index (χ4v) is 5.78. The Labute approximate surface area is 179 Å². The summed E-state index contributed by atoms with van der Waals surface area (Å²) in [5, 5.41) is 3.25. The topological polar surface area (TPSA) is 44.8 Å². The van der Waals surface area contributed by atoms with Crippen molar-refractivity contribution < 1.29 is 13.9 Å². The van der Waals surface area contributed by atoms with Gasteiger partial charge in [0.05, 0.1) is 18.6 Å². The van der Waals surface area contributed by atoms with Gasteiger partial charge in [0.25, 0.3) is 0 Å². The zero-order valence-electron chi connectivity index (χ0n) is 18.2. The average Bonchev–Trinajstić information content (AvgIpc) is 2.80. The van der Waals surface area contributed by atoms with Crippen LogP contribution in [0, 0.1) is 17.2 Å². The molecule has 0 bridgehead atoms. The van der Waals surface area contributed by atoms with Crippen LogP contribution in [0.3, 0.4) is 0 Å². The number of carbonyl (C=O) groups is 1. The lowest BCUT2D eigenvalue weighted by atomic mass is 9.61. The number of hydrogen-bond donors (Lipinski definition) is 1. The van der Waals surface area contributed by atoms with Crippen LogP contribution in [0.1, 0.15) is 38.2 Å². The highest BCUT2D eigenvalue weighted by molar-refractivity contribution is 5.83. The second-order valence-corrected chi connectivity index (χ2v) is 9.22. The monoisotopic (exact) mass is 417 g/mol. The number of carbonyl (C=O) groups excluding carboxylic acids is 1. The predicted octanol–water partition coefficient (Wildman–Crippen LogP) is 2.70. The normalized spacial score (nSPS) is 30.6. The van der Waals surface area contributed by atoms with Gasteiger partial charge in [-0.3, -0.25) is 9.69 Å². The van der Waals surface area contributed by atoms with Gasteiger partial charge in [0.2, 0.25) is 5.91 Å². The minimum Gasteiger partial charge on any atom is -0.379 e. The van der Waals surface area contributed by atoms with E-state index >= 15 is 0 Å². The van der Waals surface area contributed by atoms with E-state index in [1.165, 1.54) is 12.1 Å². The number of piperidine rings is 1. The molecule has 6 heteroatoms. The molecule has 2 saturated heterocycles. The maximum atomic E-state index is 13.5. The smallest absolute Gasteiger partial charge is 0.227 e. The molecular weight excluding hydrogens is 381 g/mol. The summed E-state index contributed by atoms with van der Waals surface area (Å²) in [7, 11) is 0. The molecule has 1 N–H and O–H groups in total. The van der Waals surface area contributed by atoms with Crippen molar-refractivity contribution in [2.45, 2.75) is 45.1 Å². The second kappa shape index (κ2) is 9.75. The van der Waals surface area contributed by atoms with Gasteiger partial charge in [-0.1, -0.05) is 19.1 Å². The highest BCUT2D eigenvalue weighted by Crippen LogP contribution is 2.47. The summed E-state index contributed by atoms with van der Waals surface area (Å²) in [6.07, 6.45) is 5.04. The van der Waals surface area contributed by atoms with E-state index in [4.69, 9.17) is 4.74 Å². The van der Waals surface area contributed by atoms with Gasteiger partial charge >= 0.3 is 0 Å². The summed E-state index contributed by atoms with van der Waals surface area (Å²) >= 11 is 0. The molecule has 5 nitrogen and oxygen atoms in total. The standard InChI is InChI=1S/C24H36FN3O2/c1-2-27-12-9-20-17-22(28-13-15-30-16-14-28)7-10-24(20,18-27)23(29)26-11-8-19-3-5-21(25)6-4-19/h3-6,20,22H,2,7-18H2,1H3,(H,26,29)/t20-,22+,24-/m1/s1. The van der Waals surface area contributed by atoms with Gasteiger partial charge in [-0.2, -0.15) is 0 Å². The van der Waals surface area contributed by atoms with Gasteiger partial charge in [-0.25, -0.2) is 4.39 Å². The van der Waals surface area contributed by atoms with Crippen molar-refractivity contribution in [3.05, 3.63) is 35.6 Å². The van der Waals surface area contributed by atoms with Crippen LogP contribution in [-0.4, -0.2) is 74.2 Å². The molecule has 1 aromatic rings. The average molecular weight is 418 g/mol. The predicted molar refractivity (Wildman–Crippen MR) is 116 cm³/mol. The van der Waals surface area contributed by atoms with Gasteiger partial charge < -0.3 is 15.0 Å². The Morgan fingerprint density at radius 3 is 2.70 bits per heavy atom. The largest absolute Gasteiger partial charge is 0.379 e. The summed E-state index contributed by atoms with van der Waals surface area (Å²) in [4.78, 5) is 18.6. The van der Waals surface area contributed by atoms with Crippen LogP contribution in [0.2, 0.25) is 0 Å². The molecule has 0 aromatic heterocycles. The number of benzene rings is 1. The number of morpholine rings is 1. The molecule has 30 heavy (non-hydrogen) atoms. The van der Waals surface area contributed by atoms with E-state index < -0.39 is 0 Å². The molecule has 4 rings (SSSR count). The minimum atomic E-state index is -0.264. The second-order valence-electron chi connectivity index (χ2n) is 9.22. The van der Waals surface area contributed by atoms with E-state index in [1.807, 2.05) is 0 Å². The van der Waals surface area contributed by atoms with Crippen LogP contribution in [0.5, 0.6) is 0 Å². The fraction of sp³-hybridized carbons (Fsp3) is 0.708. The van der Waals surface area contributed by atoms with Crippen LogP contribution in [0.4, 0.5) is 4.39 Å². The molecule has 0 radical (unpaired) electrons. The van der Waals surface area contributed by atoms with E-state index in [2.05, 4.69) is 22.0 Å². The van der Waals surface area contributed by atoms with Gasteiger partial charge in [0.15, 0.2) is 0 Å². The van der Waals surface area contributed by atoms with Crippen LogP contribution < -0.4 is 5.32 Å². The molecule has 1 aliphatic carbocycles. The highest BCUT2D eigenvalue weighted by Gasteiger charge is 2.52. The first kappa shape index (κ1) is 21.7. The number of halogens is 1. The number of nitrogens with one attached hydrogen (secondary N) is 1. The molecule has 1 amide bonds. The third-order valence-corrected chi connectivity index (χ3v) is 7.64. The molecule has 3 atom stereocenters. The molecule has 3 fully saturated rings. The quantitative estimate of drug-likeness (QED) is 0.773. The van der Waals surface area contributed by atoms with Gasteiger partial charge in [-0.05, 0) is 68.8 Å². The Morgan fingerprint density at radius 1 is 1.20 bits per heavy atom. The fourth-order valence-electron chi connectivity index (χ4n) is 5.78. The maximum absolute atomic E-state index is 13.5. The lowest BCUT2D eigenvalue weighted by Crippen LogP contribution is -2.61. The first-order chi connectivity index (χ1) is 14.6. The third-order valence-electron chi connectivity index (χ3n) is 7.64. The molecule has 2 aliphatic heterocycles. The molecule has 3 aliphatic rings. The first-order valence-corrected chi connectivity index (χ1v) is 11.7. The van der Waals surface area contributed by atoms with E-state index in [-0.39, 0.29) is 17.1 Å². The van der Waals surface area contributed by atoms with E-state index in [0.29, 0.717) is 18.5 Å². The Balaban J connectivity index is 1.40. The van der Waals surface area contributed by atoms with Crippen molar-refractivity contribution >= 4 is 5.91 Å². The molecule has 0 spiro atoms. The third kappa shape index (κ3) is 4.71. The Kier molecular flexibility index (Phi) is 7.06. The van der Waals surface area contributed by atoms with E-state index in [9.17, 15) is 9.18 Å². The minimum absolute atomic E-state index is 0.219. The van der Waals surface area contributed by atoms with Crippen molar-refractivity contribution in [3.63, 3.8) is 0 Å². The summed E-state index contributed by atoms with van der Waals surface area (Å²) in [6, 6.07) is 7.16. The zero-order chi connectivity index (χ0) is 21.0. The summed E-state index contributed by atoms with van der Waals surface area (Å²) < 4.78 is 18.7. The Bertz CT molecular complexity index is 707.